The normalized spacial score (nSPS) is 10.7. The highest BCUT2D eigenvalue weighted by atomic mass is 15.0. The standard InChI is InChI=1S/C46H25N5/c47-26-30-18-31(27-48)21-40(20-30)36-10-6-34(7-11-36)38-14-16-45-43(24-38)44-25-39(15-17-46(44)51(45)42-4-2-1-3-5-42)35-8-12-37(13-9-35)41-22-32(28-49)19-33(23-41)29-50/h1-25H. The number of nitrogens with zero attached hydrogens (tertiary/aromatic N) is 5. The molecule has 5 heteroatoms. The van der Waals surface area contributed by atoms with E-state index in [-0.39, 0.29) is 0 Å². The van der Waals surface area contributed by atoms with Gasteiger partial charge < -0.3 is 4.57 Å². The van der Waals surface area contributed by atoms with Crippen molar-refractivity contribution < 1.29 is 0 Å². The minimum Gasteiger partial charge on any atom is -0.309 e. The van der Waals surface area contributed by atoms with E-state index in [9.17, 15) is 21.0 Å². The summed E-state index contributed by atoms with van der Waals surface area (Å²) in [6.07, 6.45) is 0. The van der Waals surface area contributed by atoms with Crippen LogP contribution in [0.5, 0.6) is 0 Å². The summed E-state index contributed by atoms with van der Waals surface area (Å²) >= 11 is 0. The Labute approximate surface area is 295 Å². The second-order valence-corrected chi connectivity index (χ2v) is 12.3. The summed E-state index contributed by atoms with van der Waals surface area (Å²) in [5, 5.41) is 40.1. The fraction of sp³-hybridized carbons (Fsp3) is 0. The van der Waals surface area contributed by atoms with Crippen LogP contribution in [-0.2, 0) is 0 Å². The number of hydrogen-bond acceptors (Lipinski definition) is 4. The van der Waals surface area contributed by atoms with Crippen LogP contribution in [0.4, 0.5) is 0 Å². The summed E-state index contributed by atoms with van der Waals surface area (Å²) in [6.45, 7) is 0. The molecule has 8 rings (SSSR count). The molecule has 0 saturated heterocycles. The Balaban J connectivity index is 1.22. The predicted molar refractivity (Wildman–Crippen MR) is 201 cm³/mol. The lowest BCUT2D eigenvalue weighted by Gasteiger charge is -2.09. The molecular formula is C46H25N5. The van der Waals surface area contributed by atoms with Gasteiger partial charge in [0.15, 0.2) is 0 Å². The molecule has 51 heavy (non-hydrogen) atoms. The lowest BCUT2D eigenvalue weighted by molar-refractivity contribution is 1.18. The molecule has 0 aliphatic heterocycles. The first kappa shape index (κ1) is 30.6. The summed E-state index contributed by atoms with van der Waals surface area (Å²) in [4.78, 5) is 0. The molecule has 0 bridgehead atoms. The van der Waals surface area contributed by atoms with E-state index < -0.39 is 0 Å². The number of benzene rings is 7. The Morgan fingerprint density at radius 1 is 0.314 bits per heavy atom. The maximum Gasteiger partial charge on any atom is 0.0992 e. The van der Waals surface area contributed by atoms with Gasteiger partial charge in [-0.15, -0.1) is 0 Å². The fourth-order valence-electron chi connectivity index (χ4n) is 6.79. The van der Waals surface area contributed by atoms with Crippen molar-refractivity contribution in [1.82, 2.24) is 4.57 Å². The number of nitriles is 4. The molecule has 1 heterocycles. The molecule has 0 aliphatic rings. The number of fused-ring (bicyclic) bond motifs is 3. The summed E-state index contributed by atoms with van der Waals surface area (Å²) in [5.74, 6) is 0. The predicted octanol–water partition coefficient (Wildman–Crippen LogP) is 10.9. The van der Waals surface area contributed by atoms with Gasteiger partial charge in [-0.3, -0.25) is 0 Å². The van der Waals surface area contributed by atoms with Crippen molar-refractivity contribution in [2.75, 3.05) is 0 Å². The molecule has 0 atom stereocenters. The molecule has 234 valence electrons. The Morgan fingerprint density at radius 2 is 0.647 bits per heavy atom. The van der Waals surface area contributed by atoms with Gasteiger partial charge in [-0.05, 0) is 117 Å². The monoisotopic (exact) mass is 647 g/mol. The van der Waals surface area contributed by atoms with E-state index in [4.69, 9.17) is 0 Å². The zero-order chi connectivity index (χ0) is 34.9. The van der Waals surface area contributed by atoms with E-state index in [1.54, 1.807) is 12.1 Å². The van der Waals surface area contributed by atoms with E-state index in [1.807, 2.05) is 54.6 Å². The van der Waals surface area contributed by atoms with Crippen LogP contribution in [0.25, 0.3) is 72.0 Å². The molecule has 1 aromatic heterocycles. The highest BCUT2D eigenvalue weighted by Crippen LogP contribution is 2.38. The average Bonchev–Trinajstić information content (AvgIpc) is 3.53. The first-order valence-corrected chi connectivity index (χ1v) is 16.3. The highest BCUT2D eigenvalue weighted by molar-refractivity contribution is 6.11. The molecule has 0 unspecified atom stereocenters. The lowest BCUT2D eigenvalue weighted by Crippen LogP contribution is -1.93. The van der Waals surface area contributed by atoms with Crippen LogP contribution in [0.3, 0.4) is 0 Å². The maximum absolute atomic E-state index is 9.45. The van der Waals surface area contributed by atoms with Crippen LogP contribution in [-0.4, -0.2) is 4.57 Å². The molecular weight excluding hydrogens is 623 g/mol. The van der Waals surface area contributed by atoms with Crippen LogP contribution in [0.2, 0.25) is 0 Å². The third kappa shape index (κ3) is 5.65. The second kappa shape index (κ2) is 12.7. The highest BCUT2D eigenvalue weighted by Gasteiger charge is 2.15. The third-order valence-electron chi connectivity index (χ3n) is 9.27. The Kier molecular flexibility index (Phi) is 7.64. The van der Waals surface area contributed by atoms with Gasteiger partial charge in [0.2, 0.25) is 0 Å². The van der Waals surface area contributed by atoms with Crippen LogP contribution in [0, 0.1) is 45.3 Å². The Morgan fingerprint density at radius 3 is 1.00 bits per heavy atom. The van der Waals surface area contributed by atoms with Crippen molar-refractivity contribution >= 4 is 21.8 Å². The van der Waals surface area contributed by atoms with Gasteiger partial charge in [0.05, 0.1) is 57.6 Å². The van der Waals surface area contributed by atoms with E-state index in [0.717, 1.165) is 72.0 Å². The van der Waals surface area contributed by atoms with Crippen molar-refractivity contribution in [3.05, 3.63) is 174 Å². The summed E-state index contributed by atoms with van der Waals surface area (Å²) in [6, 6.07) is 59.0. The Bertz CT molecular complexity index is 2580. The zero-order valence-corrected chi connectivity index (χ0v) is 27.2. The van der Waals surface area contributed by atoms with E-state index in [0.29, 0.717) is 22.3 Å². The van der Waals surface area contributed by atoms with E-state index in [1.165, 1.54) is 0 Å². The van der Waals surface area contributed by atoms with Crippen LogP contribution in [0.1, 0.15) is 22.3 Å². The number of para-hydroxylation sites is 1. The van der Waals surface area contributed by atoms with Crippen LogP contribution >= 0.6 is 0 Å². The van der Waals surface area contributed by atoms with Crippen molar-refractivity contribution in [3.8, 4) is 74.5 Å². The number of rotatable bonds is 5. The van der Waals surface area contributed by atoms with Gasteiger partial charge in [-0.25, -0.2) is 0 Å². The third-order valence-corrected chi connectivity index (χ3v) is 9.27. The van der Waals surface area contributed by atoms with Crippen LogP contribution in [0.15, 0.2) is 152 Å². The van der Waals surface area contributed by atoms with Gasteiger partial charge >= 0.3 is 0 Å². The van der Waals surface area contributed by atoms with Gasteiger partial charge in [-0.2, -0.15) is 21.0 Å². The van der Waals surface area contributed by atoms with E-state index >= 15 is 0 Å². The summed E-state index contributed by atoms with van der Waals surface area (Å²) < 4.78 is 2.30. The van der Waals surface area contributed by atoms with Gasteiger partial charge in [0, 0.05) is 16.5 Å². The minimum absolute atomic E-state index is 0.461. The summed E-state index contributed by atoms with van der Waals surface area (Å²) in [5.41, 5.74) is 13.0. The Hall–Kier alpha value is -7.70. The van der Waals surface area contributed by atoms with E-state index in [2.05, 4.69) is 114 Å². The SMILES string of the molecule is N#Cc1cc(C#N)cc(-c2ccc(-c3ccc4c(c3)c3cc(-c5ccc(-c6cc(C#N)cc(C#N)c6)cc5)ccc3n4-c3ccccc3)cc2)c1. The lowest BCUT2D eigenvalue weighted by atomic mass is 9.96. The second-order valence-electron chi connectivity index (χ2n) is 12.3. The van der Waals surface area contributed by atoms with Crippen molar-refractivity contribution in [3.63, 3.8) is 0 Å². The van der Waals surface area contributed by atoms with Crippen molar-refractivity contribution in [1.29, 1.82) is 21.0 Å². The molecule has 0 radical (unpaired) electrons. The van der Waals surface area contributed by atoms with Gasteiger partial charge in [0.25, 0.3) is 0 Å². The topological polar surface area (TPSA) is 100 Å². The maximum atomic E-state index is 9.45. The quantitative estimate of drug-likeness (QED) is 0.185. The molecule has 8 aromatic rings. The van der Waals surface area contributed by atoms with Crippen molar-refractivity contribution in [2.24, 2.45) is 0 Å². The zero-order valence-electron chi connectivity index (χ0n) is 27.2. The van der Waals surface area contributed by atoms with Gasteiger partial charge in [-0.1, -0.05) is 78.9 Å². The molecule has 5 nitrogen and oxygen atoms in total. The molecule has 0 N–H and O–H groups in total. The largest absolute Gasteiger partial charge is 0.309 e. The minimum atomic E-state index is 0.461. The molecule has 0 aliphatic carbocycles. The fourth-order valence-corrected chi connectivity index (χ4v) is 6.79. The van der Waals surface area contributed by atoms with Crippen molar-refractivity contribution in [2.45, 2.75) is 0 Å². The molecule has 7 aromatic carbocycles. The number of aromatic nitrogens is 1. The first-order valence-electron chi connectivity index (χ1n) is 16.3. The van der Waals surface area contributed by atoms with Crippen LogP contribution < -0.4 is 0 Å². The van der Waals surface area contributed by atoms with Gasteiger partial charge in [0.1, 0.15) is 0 Å². The molecule has 0 saturated carbocycles. The molecule has 0 spiro atoms. The number of hydrogen-bond donors (Lipinski definition) is 0. The molecule has 0 amide bonds. The smallest absolute Gasteiger partial charge is 0.0992 e. The average molecular weight is 648 g/mol. The molecule has 0 fully saturated rings. The first-order chi connectivity index (χ1) is 25.0. The summed E-state index contributed by atoms with van der Waals surface area (Å²) in [7, 11) is 0.